The number of hydrogen-bond acceptors (Lipinski definition) is 3. The molecule has 0 aliphatic carbocycles. The van der Waals surface area contributed by atoms with Crippen LogP contribution >= 0.6 is 0 Å². The van der Waals surface area contributed by atoms with Crippen molar-refractivity contribution >= 4 is 5.91 Å². The maximum absolute atomic E-state index is 11.2. The van der Waals surface area contributed by atoms with Crippen LogP contribution in [0.3, 0.4) is 0 Å². The predicted octanol–water partition coefficient (Wildman–Crippen LogP) is -0.948. The van der Waals surface area contributed by atoms with Crippen molar-refractivity contribution in [1.29, 1.82) is 0 Å². The second-order valence-corrected chi connectivity index (χ2v) is 2.46. The first-order chi connectivity index (χ1) is 5.63. The normalized spacial score (nSPS) is 11.8. The lowest BCUT2D eigenvalue weighted by atomic mass is 10.3. The molecule has 2 N–H and O–H groups in total. The van der Waals surface area contributed by atoms with Gasteiger partial charge in [0.15, 0.2) is 0 Å². The van der Waals surface area contributed by atoms with Gasteiger partial charge in [-0.05, 0) is 0 Å². The van der Waals surface area contributed by atoms with E-state index in [4.69, 9.17) is 16.9 Å². The fourth-order valence-electron chi connectivity index (χ4n) is 0.749. The molecule has 0 aromatic rings. The number of nitrogens with zero attached hydrogens (tertiary/aromatic N) is 1. The Morgan fingerprint density at radius 1 is 1.83 bits per heavy atom. The molecular weight excluding hydrogens is 156 g/mol. The van der Waals surface area contributed by atoms with Gasteiger partial charge in [0.2, 0.25) is 5.91 Å². The molecule has 4 heteroatoms. The van der Waals surface area contributed by atoms with E-state index in [-0.39, 0.29) is 19.1 Å². The molecule has 0 aliphatic rings. The van der Waals surface area contributed by atoms with Crippen LogP contribution in [0.4, 0.5) is 0 Å². The van der Waals surface area contributed by atoms with Crippen molar-refractivity contribution in [3.63, 3.8) is 0 Å². The summed E-state index contributed by atoms with van der Waals surface area (Å²) in [5, 5.41) is 0. The number of amides is 1. The lowest BCUT2D eigenvalue weighted by molar-refractivity contribution is -0.131. The summed E-state index contributed by atoms with van der Waals surface area (Å²) in [6.45, 7) is 0.490. The van der Waals surface area contributed by atoms with Gasteiger partial charge in [0.25, 0.3) is 0 Å². The van der Waals surface area contributed by atoms with Gasteiger partial charge in [-0.3, -0.25) is 4.79 Å². The van der Waals surface area contributed by atoms with Gasteiger partial charge in [-0.2, -0.15) is 0 Å². The summed E-state index contributed by atoms with van der Waals surface area (Å²) in [6, 6.07) is -0.617. The number of carbonyl (C=O) groups excluding carboxylic acids is 1. The van der Waals surface area contributed by atoms with Gasteiger partial charge in [-0.25, -0.2) is 0 Å². The van der Waals surface area contributed by atoms with Gasteiger partial charge in [-0.1, -0.05) is 5.92 Å². The summed E-state index contributed by atoms with van der Waals surface area (Å²) in [5.74, 6) is 2.15. The Morgan fingerprint density at radius 2 is 2.42 bits per heavy atom. The van der Waals surface area contributed by atoms with E-state index in [9.17, 15) is 4.79 Å². The van der Waals surface area contributed by atoms with E-state index in [1.807, 2.05) is 0 Å². The Labute approximate surface area is 72.7 Å². The summed E-state index contributed by atoms with van der Waals surface area (Å²) in [4.78, 5) is 12.6. The lowest BCUT2D eigenvalue weighted by Gasteiger charge is -2.18. The van der Waals surface area contributed by atoms with E-state index in [1.165, 1.54) is 12.0 Å². The van der Waals surface area contributed by atoms with E-state index in [0.29, 0.717) is 0 Å². The van der Waals surface area contributed by atoms with Crippen LogP contribution in [0.15, 0.2) is 0 Å². The molecule has 0 saturated carbocycles. The molecule has 0 saturated heterocycles. The zero-order valence-corrected chi connectivity index (χ0v) is 7.41. The Morgan fingerprint density at radius 3 is 2.83 bits per heavy atom. The van der Waals surface area contributed by atoms with Crippen molar-refractivity contribution < 1.29 is 9.53 Å². The largest absolute Gasteiger partial charge is 0.383 e. The molecule has 68 valence electrons. The third-order valence-electron chi connectivity index (χ3n) is 1.37. The van der Waals surface area contributed by atoms with Crippen LogP contribution < -0.4 is 5.73 Å². The molecule has 0 fully saturated rings. The summed E-state index contributed by atoms with van der Waals surface area (Å²) in [7, 11) is 3.10. The summed E-state index contributed by atoms with van der Waals surface area (Å²) >= 11 is 0. The van der Waals surface area contributed by atoms with Crippen LogP contribution in [0.25, 0.3) is 0 Å². The van der Waals surface area contributed by atoms with E-state index >= 15 is 0 Å². The SMILES string of the molecule is C#CCN(C)C(=O)C(N)COC. The van der Waals surface area contributed by atoms with Gasteiger partial charge < -0.3 is 15.4 Å². The third kappa shape index (κ3) is 3.37. The van der Waals surface area contributed by atoms with Crippen LogP contribution in [0, 0.1) is 12.3 Å². The Hall–Kier alpha value is -1.05. The number of nitrogens with two attached hydrogens (primary N) is 1. The molecule has 0 radical (unpaired) electrons. The molecule has 1 unspecified atom stereocenters. The van der Waals surface area contributed by atoms with Crippen LogP contribution in [0.1, 0.15) is 0 Å². The monoisotopic (exact) mass is 170 g/mol. The van der Waals surface area contributed by atoms with Gasteiger partial charge in [0.05, 0.1) is 13.2 Å². The van der Waals surface area contributed by atoms with Gasteiger partial charge in [0, 0.05) is 14.2 Å². The minimum Gasteiger partial charge on any atom is -0.383 e. The molecular formula is C8H14N2O2. The molecule has 4 nitrogen and oxygen atoms in total. The number of ether oxygens (including phenoxy) is 1. The van der Waals surface area contributed by atoms with Gasteiger partial charge in [-0.15, -0.1) is 6.42 Å². The number of hydrogen-bond donors (Lipinski definition) is 1. The number of methoxy groups -OCH3 is 1. The maximum atomic E-state index is 11.2. The number of rotatable bonds is 4. The highest BCUT2D eigenvalue weighted by Gasteiger charge is 2.16. The van der Waals surface area contributed by atoms with E-state index in [1.54, 1.807) is 7.05 Å². The zero-order chi connectivity index (χ0) is 9.56. The molecule has 0 heterocycles. The van der Waals surface area contributed by atoms with Crippen LogP contribution in [0.2, 0.25) is 0 Å². The summed E-state index contributed by atoms with van der Waals surface area (Å²) in [5.41, 5.74) is 5.47. The molecule has 0 aromatic carbocycles. The van der Waals surface area contributed by atoms with Crippen molar-refractivity contribution in [3.05, 3.63) is 0 Å². The Bertz CT molecular complexity index is 186. The van der Waals surface area contributed by atoms with Crippen molar-refractivity contribution in [3.8, 4) is 12.3 Å². The van der Waals surface area contributed by atoms with Crippen LogP contribution in [-0.4, -0.2) is 44.2 Å². The van der Waals surface area contributed by atoms with Crippen LogP contribution in [-0.2, 0) is 9.53 Å². The van der Waals surface area contributed by atoms with Crippen molar-refractivity contribution in [2.24, 2.45) is 5.73 Å². The standard InChI is InChI=1S/C8H14N2O2/c1-4-5-10(2)8(11)7(9)6-12-3/h1,7H,5-6,9H2,2-3H3. The number of likely N-dealkylation sites (N-methyl/N-ethyl adjacent to an activating group) is 1. The smallest absolute Gasteiger partial charge is 0.242 e. The molecule has 1 amide bonds. The highest BCUT2D eigenvalue weighted by Crippen LogP contribution is 1.89. The van der Waals surface area contributed by atoms with E-state index < -0.39 is 6.04 Å². The molecule has 1 atom stereocenters. The third-order valence-corrected chi connectivity index (χ3v) is 1.37. The number of terminal acetylenes is 1. The second kappa shape index (κ2) is 5.58. The predicted molar refractivity (Wildman–Crippen MR) is 46.3 cm³/mol. The van der Waals surface area contributed by atoms with E-state index in [0.717, 1.165) is 0 Å². The quantitative estimate of drug-likeness (QED) is 0.553. The average Bonchev–Trinajstić information content (AvgIpc) is 2.04. The first-order valence-electron chi connectivity index (χ1n) is 3.56. The zero-order valence-electron chi connectivity index (χ0n) is 7.41. The highest BCUT2D eigenvalue weighted by atomic mass is 16.5. The number of carbonyl (C=O) groups is 1. The molecule has 0 spiro atoms. The minimum absolute atomic E-state index is 0.199. The van der Waals surface area contributed by atoms with Crippen molar-refractivity contribution in [2.45, 2.75) is 6.04 Å². The molecule has 0 aromatic heterocycles. The highest BCUT2D eigenvalue weighted by molar-refractivity contribution is 5.81. The Kier molecular flexibility index (Phi) is 5.09. The molecule has 12 heavy (non-hydrogen) atoms. The van der Waals surface area contributed by atoms with Crippen LogP contribution in [0.5, 0.6) is 0 Å². The van der Waals surface area contributed by atoms with E-state index in [2.05, 4.69) is 5.92 Å². The topological polar surface area (TPSA) is 55.6 Å². The first-order valence-corrected chi connectivity index (χ1v) is 3.56. The second-order valence-electron chi connectivity index (χ2n) is 2.46. The fraction of sp³-hybridized carbons (Fsp3) is 0.625. The maximum Gasteiger partial charge on any atom is 0.242 e. The average molecular weight is 170 g/mol. The van der Waals surface area contributed by atoms with Crippen molar-refractivity contribution in [1.82, 2.24) is 4.90 Å². The lowest BCUT2D eigenvalue weighted by Crippen LogP contribution is -2.44. The van der Waals surface area contributed by atoms with Crippen molar-refractivity contribution in [2.75, 3.05) is 27.3 Å². The fourth-order valence-corrected chi connectivity index (χ4v) is 0.749. The van der Waals surface area contributed by atoms with Gasteiger partial charge >= 0.3 is 0 Å². The Balaban J connectivity index is 3.93. The first kappa shape index (κ1) is 11.0. The van der Waals surface area contributed by atoms with Gasteiger partial charge in [0.1, 0.15) is 6.04 Å². The summed E-state index contributed by atoms with van der Waals surface area (Å²) < 4.78 is 4.73. The molecule has 0 aliphatic heterocycles. The summed E-state index contributed by atoms with van der Waals surface area (Å²) in [6.07, 6.45) is 5.03. The molecule has 0 bridgehead atoms. The minimum atomic E-state index is -0.617. The molecule has 0 rings (SSSR count).